The smallest absolute Gasteiger partial charge is 0.298 e. The van der Waals surface area contributed by atoms with E-state index in [4.69, 9.17) is 9.47 Å². The summed E-state index contributed by atoms with van der Waals surface area (Å²) < 4.78 is 84.1. The molecule has 3 N–H and O–H groups in total. The number of rotatable bonds is 10. The van der Waals surface area contributed by atoms with Crippen LogP contribution in [0, 0.1) is 0 Å². The van der Waals surface area contributed by atoms with Crippen LogP contribution in [-0.4, -0.2) is 35.9 Å². The lowest BCUT2D eigenvalue weighted by Crippen LogP contribution is -2.13. The van der Waals surface area contributed by atoms with Crippen molar-refractivity contribution in [1.29, 1.82) is 0 Å². The Kier molecular flexibility index (Phi) is 8.93. The van der Waals surface area contributed by atoms with Crippen molar-refractivity contribution < 1.29 is 35.4 Å². The molecule has 7 aromatic rings. The van der Waals surface area contributed by atoms with Crippen LogP contribution in [0.25, 0.3) is 33.7 Å². The molecular weight excluding hydrogens is 691 g/mol. The third-order valence-electron chi connectivity index (χ3n) is 7.77. The minimum Gasteiger partial charge on any atom is -0.438 e. The highest BCUT2D eigenvalue weighted by Gasteiger charge is 2.31. The van der Waals surface area contributed by atoms with Crippen molar-refractivity contribution in [3.63, 3.8) is 0 Å². The first-order valence-corrected chi connectivity index (χ1v) is 18.2. The van der Waals surface area contributed by atoms with Crippen molar-refractivity contribution in [2.45, 2.75) is 9.79 Å². The normalized spacial score (nSPS) is 12.0. The predicted octanol–water partition coefficient (Wildman–Crippen LogP) is 8.78. The van der Waals surface area contributed by atoms with Gasteiger partial charge in [0, 0.05) is 10.8 Å². The molecule has 0 fully saturated rings. The maximum absolute atomic E-state index is 12.8. The zero-order valence-electron chi connectivity index (χ0n) is 26.4. The van der Waals surface area contributed by atoms with Crippen LogP contribution in [0.5, 0.6) is 23.3 Å². The van der Waals surface area contributed by atoms with Gasteiger partial charge in [-0.25, -0.2) is 0 Å². The van der Waals surface area contributed by atoms with Gasteiger partial charge in [0.2, 0.25) is 17.7 Å². The van der Waals surface area contributed by atoms with Crippen molar-refractivity contribution in [1.82, 2.24) is 9.97 Å². The van der Waals surface area contributed by atoms with E-state index in [9.17, 15) is 25.9 Å². The van der Waals surface area contributed by atoms with Crippen molar-refractivity contribution >= 4 is 65.6 Å². The van der Waals surface area contributed by atoms with E-state index in [1.54, 1.807) is 42.5 Å². The summed E-state index contributed by atoms with van der Waals surface area (Å²) in [5.74, 6) is 0.614. The van der Waals surface area contributed by atoms with Gasteiger partial charge in [-0.15, -0.1) is 0 Å². The van der Waals surface area contributed by atoms with Crippen LogP contribution >= 0.6 is 0 Å². The number of nitrogens with one attached hydrogen (secondary N) is 1. The van der Waals surface area contributed by atoms with Gasteiger partial charge in [-0.1, -0.05) is 121 Å². The second-order valence-electron chi connectivity index (χ2n) is 11.2. The third-order valence-corrected chi connectivity index (χ3v) is 9.79. The zero-order chi connectivity index (χ0) is 35.6. The van der Waals surface area contributed by atoms with Gasteiger partial charge < -0.3 is 14.8 Å². The number of fused-ring (bicyclic) bond motifs is 2. The summed E-state index contributed by atoms with van der Waals surface area (Å²) in [6.45, 7) is 0. The lowest BCUT2D eigenvalue weighted by molar-refractivity contribution is 0.440. The molecular formula is C38H27N3O8S2. The molecule has 0 atom stereocenters. The largest absolute Gasteiger partial charge is 0.438 e. The number of benzene rings is 6. The van der Waals surface area contributed by atoms with Gasteiger partial charge in [-0.3, -0.25) is 9.11 Å². The molecule has 0 aliphatic rings. The number of ether oxygens (including phenoxy) is 2. The maximum atomic E-state index is 12.8. The van der Waals surface area contributed by atoms with Crippen LogP contribution in [0.3, 0.4) is 0 Å². The Hall–Kier alpha value is -6.12. The summed E-state index contributed by atoms with van der Waals surface area (Å²) in [4.78, 5) is 6.69. The third kappa shape index (κ3) is 7.41. The monoisotopic (exact) mass is 717 g/mol. The maximum Gasteiger partial charge on any atom is 0.298 e. The van der Waals surface area contributed by atoms with Crippen molar-refractivity contribution in [3.8, 4) is 23.3 Å². The molecule has 0 unspecified atom stereocenters. The molecule has 11 nitrogen and oxygen atoms in total. The Labute approximate surface area is 293 Å². The fraction of sp³-hybridized carbons (Fsp3) is 0. The van der Waals surface area contributed by atoms with Gasteiger partial charge in [0.25, 0.3) is 20.2 Å². The number of aromatic nitrogens is 2. The molecule has 1 heterocycles. The fourth-order valence-electron chi connectivity index (χ4n) is 5.56. The Morgan fingerprint density at radius 3 is 1.61 bits per heavy atom. The molecule has 13 heteroatoms. The van der Waals surface area contributed by atoms with Crippen molar-refractivity contribution in [2.24, 2.45) is 0 Å². The van der Waals surface area contributed by atoms with Crippen molar-refractivity contribution in [3.05, 3.63) is 145 Å². The highest BCUT2D eigenvalue weighted by molar-refractivity contribution is 7.89. The Bertz CT molecular complexity index is 2580. The Morgan fingerprint density at radius 1 is 0.549 bits per heavy atom. The molecule has 0 amide bonds. The number of nitrogens with zero attached hydrogens (tertiary/aromatic N) is 2. The lowest BCUT2D eigenvalue weighted by Gasteiger charge is -2.16. The molecule has 0 bridgehead atoms. The van der Waals surface area contributed by atoms with E-state index in [-0.39, 0.29) is 23.3 Å². The summed E-state index contributed by atoms with van der Waals surface area (Å²) in [5, 5.41) is 6.09. The van der Waals surface area contributed by atoms with E-state index in [1.165, 1.54) is 30.4 Å². The average Bonchev–Trinajstić information content (AvgIpc) is 3.11. The second-order valence-corrected chi connectivity index (χ2v) is 13.9. The summed E-state index contributed by atoms with van der Waals surface area (Å²) in [5.41, 5.74) is 0.0263. The zero-order valence-corrected chi connectivity index (χ0v) is 28.0. The van der Waals surface area contributed by atoms with E-state index in [2.05, 4.69) is 15.3 Å². The number of anilines is 2. The van der Waals surface area contributed by atoms with Crippen LogP contribution in [0.4, 0.5) is 11.6 Å². The van der Waals surface area contributed by atoms with Crippen LogP contribution in [-0.2, 0) is 20.2 Å². The molecule has 0 saturated heterocycles. The van der Waals surface area contributed by atoms with E-state index >= 15 is 0 Å². The van der Waals surface area contributed by atoms with Gasteiger partial charge in [0.05, 0.1) is 11.8 Å². The predicted molar refractivity (Wildman–Crippen MR) is 195 cm³/mol. The van der Waals surface area contributed by atoms with Crippen molar-refractivity contribution in [2.75, 3.05) is 5.32 Å². The molecule has 1 aromatic heterocycles. The minimum absolute atomic E-state index is 0.00934. The first kappa shape index (κ1) is 33.4. The summed E-state index contributed by atoms with van der Waals surface area (Å²) in [7, 11) is -10.5. The first-order chi connectivity index (χ1) is 24.5. The summed E-state index contributed by atoms with van der Waals surface area (Å²) in [6.07, 6.45) is 2.83. The SMILES string of the molecule is O=S(=O)(O)c1c(C=Cc2ccccc2)ccc(Nc2nc(Oc3cccc4ccccc34)cc(Oc3cccc4ccccc34)n2)c1S(=O)(=O)O. The highest BCUT2D eigenvalue weighted by Crippen LogP contribution is 2.37. The lowest BCUT2D eigenvalue weighted by atomic mass is 10.1. The molecule has 0 radical (unpaired) electrons. The molecule has 7 rings (SSSR count). The highest BCUT2D eigenvalue weighted by atomic mass is 32.2. The van der Waals surface area contributed by atoms with E-state index in [0.717, 1.165) is 21.5 Å². The number of hydrogen-bond donors (Lipinski definition) is 3. The summed E-state index contributed by atoms with van der Waals surface area (Å²) >= 11 is 0. The molecule has 254 valence electrons. The average molecular weight is 718 g/mol. The molecule has 51 heavy (non-hydrogen) atoms. The standard InChI is InChI=1S/C38H27N3O8S2/c42-50(43,44)36-28(21-20-25-10-2-1-3-11-25)22-23-31(37(36)51(45,46)47)39-38-40-34(48-32-18-8-14-26-12-4-6-16-29(26)32)24-35(41-38)49-33-19-9-15-27-13-5-7-17-30(27)33/h1-24H,(H,39,40,41)(H,42,43,44)(H,45,46,47). The topological polar surface area (TPSA) is 165 Å². The Balaban J connectivity index is 1.35. The van der Waals surface area contributed by atoms with Gasteiger partial charge in [-0.05, 0) is 40.1 Å². The second kappa shape index (κ2) is 13.7. The van der Waals surface area contributed by atoms with Crippen LogP contribution in [0.15, 0.2) is 143 Å². The number of hydrogen-bond acceptors (Lipinski definition) is 9. The van der Waals surface area contributed by atoms with Gasteiger partial charge in [0.15, 0.2) is 0 Å². The fourth-order valence-corrected chi connectivity index (χ4v) is 7.72. The van der Waals surface area contributed by atoms with E-state index in [1.807, 2.05) is 72.8 Å². The molecule has 0 spiro atoms. The van der Waals surface area contributed by atoms with Gasteiger partial charge in [-0.2, -0.15) is 26.8 Å². The van der Waals surface area contributed by atoms with Gasteiger partial charge in [0.1, 0.15) is 21.3 Å². The Morgan fingerprint density at radius 2 is 1.06 bits per heavy atom. The molecule has 0 aliphatic heterocycles. The van der Waals surface area contributed by atoms with E-state index < -0.39 is 35.7 Å². The quantitative estimate of drug-likeness (QED) is 0.0915. The van der Waals surface area contributed by atoms with E-state index in [0.29, 0.717) is 17.1 Å². The molecule has 6 aromatic carbocycles. The summed E-state index contributed by atoms with van der Waals surface area (Å²) in [6, 6.07) is 38.8. The van der Waals surface area contributed by atoms with Crippen LogP contribution in [0.1, 0.15) is 11.1 Å². The minimum atomic E-state index is -5.29. The van der Waals surface area contributed by atoms with Gasteiger partial charge >= 0.3 is 0 Å². The molecule has 0 aliphatic carbocycles. The van der Waals surface area contributed by atoms with Crippen LogP contribution in [0.2, 0.25) is 0 Å². The van der Waals surface area contributed by atoms with Crippen LogP contribution < -0.4 is 14.8 Å². The molecule has 0 saturated carbocycles. The first-order valence-electron chi connectivity index (χ1n) is 15.4.